The summed E-state index contributed by atoms with van der Waals surface area (Å²) in [5.74, 6) is 1.80. The van der Waals surface area contributed by atoms with E-state index in [1.54, 1.807) is 30.4 Å². The molecule has 2 aliphatic rings. The van der Waals surface area contributed by atoms with E-state index in [9.17, 15) is 10.1 Å². The van der Waals surface area contributed by atoms with E-state index in [1.165, 1.54) is 0 Å². The Morgan fingerprint density at radius 3 is 2.57 bits per heavy atom. The fourth-order valence-corrected chi connectivity index (χ4v) is 6.47. The Kier molecular flexibility index (Phi) is 9.69. The molecule has 1 aliphatic carbocycles. The number of hydrogen-bond donors (Lipinski definition) is 2. The first-order valence-electron chi connectivity index (χ1n) is 15.9. The third-order valence-corrected chi connectivity index (χ3v) is 8.83. The minimum absolute atomic E-state index is 0.0255. The molecule has 1 aliphatic heterocycles. The highest BCUT2D eigenvalue weighted by atomic mass is 16.5. The topological polar surface area (TPSA) is 137 Å². The number of anilines is 3. The van der Waals surface area contributed by atoms with Crippen LogP contribution in [0.3, 0.4) is 0 Å². The van der Waals surface area contributed by atoms with Crippen LogP contribution in [0.2, 0.25) is 0 Å². The number of carbonyl (C=O) groups excluding carboxylic acids is 1. The van der Waals surface area contributed by atoms with Crippen molar-refractivity contribution in [2.75, 3.05) is 35.4 Å². The largest absolute Gasteiger partial charge is 0.383 e. The van der Waals surface area contributed by atoms with E-state index in [0.717, 1.165) is 61.8 Å². The number of benzene rings is 1. The molecule has 4 heterocycles. The summed E-state index contributed by atoms with van der Waals surface area (Å²) in [6.45, 7) is 1.86. The van der Waals surface area contributed by atoms with Gasteiger partial charge in [-0.2, -0.15) is 15.3 Å². The van der Waals surface area contributed by atoms with Gasteiger partial charge in [0.25, 0.3) is 0 Å². The summed E-state index contributed by atoms with van der Waals surface area (Å²) < 4.78 is 7.18. The zero-order valence-electron chi connectivity index (χ0n) is 26.3. The molecule has 1 aromatic carbocycles. The Morgan fingerprint density at radius 1 is 1.04 bits per heavy atom. The van der Waals surface area contributed by atoms with Crippen LogP contribution in [0.4, 0.5) is 22.4 Å². The van der Waals surface area contributed by atoms with Crippen molar-refractivity contribution in [2.45, 2.75) is 63.2 Å². The second-order valence-electron chi connectivity index (χ2n) is 12.0. The first kappa shape index (κ1) is 31.0. The van der Waals surface area contributed by atoms with Crippen molar-refractivity contribution in [1.29, 1.82) is 5.26 Å². The highest BCUT2D eigenvalue weighted by molar-refractivity contribution is 5.91. The number of rotatable bonds is 10. The molecule has 6 rings (SSSR count). The number of nitrogens with zero attached hydrogens (tertiary/aromatic N) is 8. The quantitative estimate of drug-likeness (QED) is 0.254. The summed E-state index contributed by atoms with van der Waals surface area (Å²) >= 11 is 0. The van der Waals surface area contributed by atoms with Crippen LogP contribution in [0, 0.1) is 11.3 Å². The molecule has 0 unspecified atom stereocenters. The van der Waals surface area contributed by atoms with Gasteiger partial charge in [-0.15, -0.1) is 0 Å². The molecular formula is C34H40N10O2. The Balaban J connectivity index is 1.15. The molecule has 0 radical (unpaired) electrons. The Bertz CT molecular complexity index is 1640. The van der Waals surface area contributed by atoms with Crippen LogP contribution < -0.4 is 20.4 Å². The van der Waals surface area contributed by atoms with Gasteiger partial charge in [0.15, 0.2) is 5.82 Å². The summed E-state index contributed by atoms with van der Waals surface area (Å²) in [6, 6.07) is 16.2. The summed E-state index contributed by atoms with van der Waals surface area (Å²) in [5.41, 5.74) is 3.42. The molecule has 238 valence electrons. The van der Waals surface area contributed by atoms with Gasteiger partial charge < -0.3 is 20.3 Å². The minimum Gasteiger partial charge on any atom is -0.383 e. The van der Waals surface area contributed by atoms with Gasteiger partial charge in [-0.1, -0.05) is 30.3 Å². The number of aromatic nitrogens is 5. The molecular weight excluding hydrogens is 580 g/mol. The van der Waals surface area contributed by atoms with Gasteiger partial charge in [-0.25, -0.2) is 14.8 Å². The summed E-state index contributed by atoms with van der Waals surface area (Å²) in [6.07, 6.45) is 12.4. The summed E-state index contributed by atoms with van der Waals surface area (Å²) in [4.78, 5) is 31.7. The Hall–Kier alpha value is -5.02. The Labute approximate surface area is 269 Å². The molecule has 4 aromatic rings. The number of aryl methyl sites for hydroxylation is 1. The van der Waals surface area contributed by atoms with Crippen LogP contribution in [0.5, 0.6) is 0 Å². The zero-order chi connectivity index (χ0) is 31.9. The number of nitriles is 1. The maximum Gasteiger partial charge on any atom is 0.323 e. The molecule has 2 N–H and O–H groups in total. The molecule has 2 fully saturated rings. The molecule has 1 atom stereocenters. The van der Waals surface area contributed by atoms with Gasteiger partial charge in [0.2, 0.25) is 5.95 Å². The van der Waals surface area contributed by atoms with Crippen LogP contribution in [-0.2, 0) is 18.3 Å². The number of amides is 2. The minimum atomic E-state index is -0.168. The maximum absolute atomic E-state index is 13.7. The lowest BCUT2D eigenvalue weighted by atomic mass is 9.90. The molecule has 12 heteroatoms. The average molecular weight is 621 g/mol. The number of hydrogen-bond acceptors (Lipinski definition) is 9. The molecule has 2 amide bonds. The van der Waals surface area contributed by atoms with Crippen molar-refractivity contribution in [2.24, 2.45) is 7.05 Å². The molecule has 0 bridgehead atoms. The van der Waals surface area contributed by atoms with Crippen LogP contribution in [0.25, 0.3) is 11.1 Å². The number of nitrogens with one attached hydrogen (secondary N) is 2. The molecule has 0 spiro atoms. The van der Waals surface area contributed by atoms with E-state index in [4.69, 9.17) is 14.7 Å². The molecule has 1 saturated heterocycles. The van der Waals surface area contributed by atoms with Crippen molar-refractivity contribution < 1.29 is 9.53 Å². The second kappa shape index (κ2) is 14.4. The SMILES string of the molecule is COC[C@H]1CCCN1c1nc(N[C@H]2CC[C@H](N(C(=O)NCc3ccccc3)c3ccc(-c4cnn(C)c4)cn3)CC2)ncc1C#N. The van der Waals surface area contributed by atoms with Crippen molar-refractivity contribution in [1.82, 2.24) is 30.0 Å². The summed E-state index contributed by atoms with van der Waals surface area (Å²) in [7, 11) is 3.58. The highest BCUT2D eigenvalue weighted by Gasteiger charge is 2.32. The van der Waals surface area contributed by atoms with E-state index in [1.807, 2.05) is 60.6 Å². The number of carbonyl (C=O) groups is 1. The van der Waals surface area contributed by atoms with Crippen molar-refractivity contribution in [3.63, 3.8) is 0 Å². The maximum atomic E-state index is 13.7. The predicted molar refractivity (Wildman–Crippen MR) is 176 cm³/mol. The first-order valence-corrected chi connectivity index (χ1v) is 15.9. The molecule has 46 heavy (non-hydrogen) atoms. The predicted octanol–water partition coefficient (Wildman–Crippen LogP) is 4.90. The van der Waals surface area contributed by atoms with Gasteiger partial charge in [-0.3, -0.25) is 9.58 Å². The third kappa shape index (κ3) is 7.10. The van der Waals surface area contributed by atoms with Crippen LogP contribution in [-0.4, -0.2) is 69.2 Å². The fraction of sp³-hybridized carbons (Fsp3) is 0.412. The van der Waals surface area contributed by atoms with Gasteiger partial charge in [0.1, 0.15) is 17.5 Å². The number of pyridine rings is 1. The lowest BCUT2D eigenvalue weighted by Gasteiger charge is -2.36. The monoisotopic (exact) mass is 620 g/mol. The van der Waals surface area contributed by atoms with Crippen molar-refractivity contribution >= 4 is 23.6 Å². The van der Waals surface area contributed by atoms with Crippen molar-refractivity contribution in [3.05, 3.63) is 78.4 Å². The van der Waals surface area contributed by atoms with E-state index < -0.39 is 0 Å². The smallest absolute Gasteiger partial charge is 0.323 e. The molecule has 1 saturated carbocycles. The fourth-order valence-electron chi connectivity index (χ4n) is 6.47. The van der Waals surface area contributed by atoms with Gasteiger partial charge in [0, 0.05) is 62.9 Å². The highest BCUT2D eigenvalue weighted by Crippen LogP contribution is 2.31. The average Bonchev–Trinajstić information content (AvgIpc) is 3.74. The first-order chi connectivity index (χ1) is 22.5. The number of ether oxygens (including phenoxy) is 1. The number of methoxy groups -OCH3 is 1. The second-order valence-corrected chi connectivity index (χ2v) is 12.0. The van der Waals surface area contributed by atoms with Crippen molar-refractivity contribution in [3.8, 4) is 17.2 Å². The van der Waals surface area contributed by atoms with E-state index in [-0.39, 0.29) is 24.2 Å². The third-order valence-electron chi connectivity index (χ3n) is 8.83. The molecule has 3 aromatic heterocycles. The number of urea groups is 1. The normalized spacial score (nSPS) is 19.4. The standard InChI is InChI=1S/C34H40N10O2/c1-42-22-27(21-39-42)25-10-15-31(36-19-25)44(34(45)38-18-24-7-4-3-5-8-24)29-13-11-28(12-14-29)40-33-37-20-26(17-35)32(41-33)43-16-6-9-30(43)23-46-2/h3-5,7-8,10,15,19-22,28-30H,6,9,11-14,16,18,23H2,1-2H3,(H,38,45)(H,37,40,41)/t28-,29-,30-/m1/s1. The zero-order valence-corrected chi connectivity index (χ0v) is 26.3. The van der Waals surface area contributed by atoms with Gasteiger partial charge >= 0.3 is 6.03 Å². The van der Waals surface area contributed by atoms with Crippen LogP contribution in [0.1, 0.15) is 49.7 Å². The van der Waals surface area contributed by atoms with Gasteiger partial charge in [0.05, 0.1) is 25.0 Å². The molecule has 12 nitrogen and oxygen atoms in total. The lowest BCUT2D eigenvalue weighted by molar-refractivity contribution is 0.180. The van der Waals surface area contributed by atoms with E-state index in [0.29, 0.717) is 36.3 Å². The van der Waals surface area contributed by atoms with Crippen LogP contribution in [0.15, 0.2) is 67.3 Å². The van der Waals surface area contributed by atoms with E-state index in [2.05, 4.69) is 31.7 Å². The van der Waals surface area contributed by atoms with Crippen LogP contribution >= 0.6 is 0 Å². The van der Waals surface area contributed by atoms with E-state index >= 15 is 0 Å². The van der Waals surface area contributed by atoms with Gasteiger partial charge in [-0.05, 0) is 56.2 Å². The lowest BCUT2D eigenvalue weighted by Crippen LogP contribution is -2.49. The Morgan fingerprint density at radius 2 is 1.87 bits per heavy atom. The summed E-state index contributed by atoms with van der Waals surface area (Å²) in [5, 5.41) is 20.6.